The van der Waals surface area contributed by atoms with Crippen LogP contribution < -0.4 is 25.3 Å². The van der Waals surface area contributed by atoms with Crippen LogP contribution in [0.25, 0.3) is 0 Å². The molecule has 0 spiro atoms. The lowest BCUT2D eigenvalue weighted by atomic mass is 9.96. The summed E-state index contributed by atoms with van der Waals surface area (Å²) in [6.45, 7) is 4.01. The SMILES string of the molecule is COc1cccc2c1OC(CN1CCC(CNC(=O)Cc3cccnc3N)CC1)CO2. The number of nitrogens with one attached hydrogen (secondary N) is 1. The maximum Gasteiger partial charge on any atom is 0.224 e. The monoisotopic (exact) mass is 426 g/mol. The van der Waals surface area contributed by atoms with Crippen LogP contribution in [0, 0.1) is 5.92 Å². The summed E-state index contributed by atoms with van der Waals surface area (Å²) in [4.78, 5) is 18.7. The van der Waals surface area contributed by atoms with Crippen molar-refractivity contribution in [3.05, 3.63) is 42.1 Å². The van der Waals surface area contributed by atoms with E-state index in [0.717, 1.165) is 43.8 Å². The molecule has 0 radical (unpaired) electrons. The number of amides is 1. The molecule has 8 heteroatoms. The maximum absolute atomic E-state index is 12.2. The number of piperidine rings is 1. The maximum atomic E-state index is 12.2. The van der Waals surface area contributed by atoms with Crippen LogP contribution in [0.1, 0.15) is 18.4 Å². The molecular weight excluding hydrogens is 396 g/mol. The van der Waals surface area contributed by atoms with Gasteiger partial charge in [-0.15, -0.1) is 0 Å². The number of nitrogens with two attached hydrogens (primary N) is 1. The van der Waals surface area contributed by atoms with Gasteiger partial charge in [0.05, 0.1) is 13.5 Å². The summed E-state index contributed by atoms with van der Waals surface area (Å²) in [5.41, 5.74) is 6.59. The third-order valence-electron chi connectivity index (χ3n) is 5.91. The Morgan fingerprint density at radius 2 is 2.13 bits per heavy atom. The second kappa shape index (κ2) is 9.87. The number of methoxy groups -OCH3 is 1. The highest BCUT2D eigenvalue weighted by molar-refractivity contribution is 5.79. The number of ether oxygens (including phenoxy) is 3. The summed E-state index contributed by atoms with van der Waals surface area (Å²) in [6.07, 6.45) is 3.96. The van der Waals surface area contributed by atoms with E-state index < -0.39 is 0 Å². The summed E-state index contributed by atoms with van der Waals surface area (Å²) in [5.74, 6) is 3.01. The van der Waals surface area contributed by atoms with Gasteiger partial charge >= 0.3 is 0 Å². The van der Waals surface area contributed by atoms with E-state index >= 15 is 0 Å². The van der Waals surface area contributed by atoms with Crippen molar-refractivity contribution < 1.29 is 19.0 Å². The van der Waals surface area contributed by atoms with Gasteiger partial charge in [-0.1, -0.05) is 12.1 Å². The number of hydrogen-bond donors (Lipinski definition) is 2. The number of fused-ring (bicyclic) bond motifs is 1. The van der Waals surface area contributed by atoms with Crippen molar-refractivity contribution >= 4 is 11.7 Å². The smallest absolute Gasteiger partial charge is 0.224 e. The second-order valence-electron chi connectivity index (χ2n) is 8.11. The number of carbonyl (C=O) groups excluding carboxylic acids is 1. The Morgan fingerprint density at radius 3 is 2.90 bits per heavy atom. The first-order chi connectivity index (χ1) is 15.1. The number of rotatable bonds is 7. The molecule has 1 atom stereocenters. The second-order valence-corrected chi connectivity index (χ2v) is 8.11. The first-order valence-corrected chi connectivity index (χ1v) is 10.8. The van der Waals surface area contributed by atoms with Gasteiger partial charge in [0.15, 0.2) is 11.5 Å². The zero-order valence-electron chi connectivity index (χ0n) is 17.9. The van der Waals surface area contributed by atoms with Crippen LogP contribution in [0.4, 0.5) is 5.82 Å². The Labute approximate surface area is 182 Å². The fourth-order valence-electron chi connectivity index (χ4n) is 4.11. The van der Waals surface area contributed by atoms with Crippen molar-refractivity contribution in [2.45, 2.75) is 25.4 Å². The lowest BCUT2D eigenvalue weighted by Crippen LogP contribution is -2.45. The van der Waals surface area contributed by atoms with E-state index in [9.17, 15) is 4.79 Å². The van der Waals surface area contributed by atoms with Crippen molar-refractivity contribution in [1.82, 2.24) is 15.2 Å². The third kappa shape index (κ3) is 5.38. The molecule has 0 aliphatic carbocycles. The Morgan fingerprint density at radius 1 is 1.29 bits per heavy atom. The predicted molar refractivity (Wildman–Crippen MR) is 117 cm³/mol. The molecule has 1 aromatic carbocycles. The molecular formula is C23H30N4O4. The fraction of sp³-hybridized carbons (Fsp3) is 0.478. The van der Waals surface area contributed by atoms with Crippen molar-refractivity contribution in [3.63, 3.8) is 0 Å². The van der Waals surface area contributed by atoms with E-state index in [0.29, 0.717) is 36.4 Å². The average molecular weight is 427 g/mol. The first-order valence-electron chi connectivity index (χ1n) is 10.8. The zero-order valence-corrected chi connectivity index (χ0v) is 17.9. The van der Waals surface area contributed by atoms with Gasteiger partial charge in [0, 0.05) is 24.8 Å². The molecule has 2 aromatic rings. The Hall–Kier alpha value is -3.00. The minimum atomic E-state index is -0.0232. The molecule has 1 amide bonds. The van der Waals surface area contributed by atoms with E-state index in [-0.39, 0.29) is 18.4 Å². The third-order valence-corrected chi connectivity index (χ3v) is 5.91. The molecule has 0 bridgehead atoms. The van der Waals surface area contributed by atoms with Gasteiger partial charge in [0.1, 0.15) is 18.5 Å². The van der Waals surface area contributed by atoms with Crippen LogP contribution in [-0.4, -0.2) is 61.8 Å². The van der Waals surface area contributed by atoms with Crippen LogP contribution in [0.3, 0.4) is 0 Å². The van der Waals surface area contributed by atoms with Crippen LogP contribution in [-0.2, 0) is 11.2 Å². The largest absolute Gasteiger partial charge is 0.493 e. The van der Waals surface area contributed by atoms with Crippen molar-refractivity contribution in [3.8, 4) is 17.2 Å². The van der Waals surface area contributed by atoms with Gasteiger partial charge in [-0.2, -0.15) is 0 Å². The van der Waals surface area contributed by atoms with E-state index in [1.807, 2.05) is 24.3 Å². The number of pyridine rings is 1. The van der Waals surface area contributed by atoms with E-state index in [4.69, 9.17) is 19.9 Å². The Balaban J connectivity index is 1.19. The highest BCUT2D eigenvalue weighted by Gasteiger charge is 2.28. The normalized spacial score (nSPS) is 19.1. The number of aromatic nitrogens is 1. The molecule has 1 saturated heterocycles. The summed E-state index contributed by atoms with van der Waals surface area (Å²) in [6, 6.07) is 9.32. The van der Waals surface area contributed by atoms with Crippen LogP contribution in [0.5, 0.6) is 17.2 Å². The van der Waals surface area contributed by atoms with Gasteiger partial charge in [-0.05, 0) is 50.0 Å². The van der Waals surface area contributed by atoms with E-state index in [1.54, 1.807) is 19.4 Å². The molecule has 1 fully saturated rings. The molecule has 31 heavy (non-hydrogen) atoms. The van der Waals surface area contributed by atoms with Gasteiger partial charge in [-0.25, -0.2) is 4.98 Å². The molecule has 3 N–H and O–H groups in total. The van der Waals surface area contributed by atoms with E-state index in [1.165, 1.54) is 0 Å². The number of likely N-dealkylation sites (tertiary alicyclic amines) is 1. The lowest BCUT2D eigenvalue weighted by Gasteiger charge is -2.36. The van der Waals surface area contributed by atoms with Crippen LogP contribution in [0.2, 0.25) is 0 Å². The summed E-state index contributed by atoms with van der Waals surface area (Å²) in [5, 5.41) is 3.05. The molecule has 1 aromatic heterocycles. The van der Waals surface area contributed by atoms with Crippen molar-refractivity contribution in [2.24, 2.45) is 5.92 Å². The standard InChI is InChI=1S/C23H30N4O4/c1-29-19-5-2-6-20-22(19)31-18(15-30-20)14-27-10-7-16(8-11-27)13-26-21(28)12-17-4-3-9-25-23(17)24/h2-6,9,16,18H,7-8,10-15H2,1H3,(H2,24,25)(H,26,28). The fourth-order valence-corrected chi connectivity index (χ4v) is 4.11. The molecule has 0 saturated carbocycles. The first kappa shape index (κ1) is 21.2. The number of nitrogen functional groups attached to an aromatic ring is 1. The van der Waals surface area contributed by atoms with E-state index in [2.05, 4.69) is 15.2 Å². The van der Waals surface area contributed by atoms with Crippen molar-refractivity contribution in [1.29, 1.82) is 0 Å². The Bertz CT molecular complexity index is 885. The molecule has 3 heterocycles. The number of nitrogens with zero attached hydrogens (tertiary/aromatic N) is 2. The number of para-hydroxylation sites is 1. The quantitative estimate of drug-likeness (QED) is 0.697. The predicted octanol–water partition coefficient (Wildman–Crippen LogP) is 1.88. The molecule has 8 nitrogen and oxygen atoms in total. The summed E-state index contributed by atoms with van der Waals surface area (Å²) in [7, 11) is 1.64. The number of carbonyl (C=O) groups is 1. The van der Waals surface area contributed by atoms with Crippen molar-refractivity contribution in [2.75, 3.05) is 45.6 Å². The van der Waals surface area contributed by atoms with Crippen LogP contribution in [0.15, 0.2) is 36.5 Å². The molecule has 4 rings (SSSR count). The topological polar surface area (TPSA) is 98.9 Å². The molecule has 166 valence electrons. The summed E-state index contributed by atoms with van der Waals surface area (Å²) < 4.78 is 17.4. The zero-order chi connectivity index (χ0) is 21.6. The van der Waals surface area contributed by atoms with Gasteiger partial charge in [0.25, 0.3) is 0 Å². The van der Waals surface area contributed by atoms with Crippen LogP contribution >= 0.6 is 0 Å². The molecule has 2 aliphatic heterocycles. The summed E-state index contributed by atoms with van der Waals surface area (Å²) >= 11 is 0. The average Bonchev–Trinajstić information content (AvgIpc) is 2.80. The Kier molecular flexibility index (Phi) is 6.76. The van der Waals surface area contributed by atoms with Gasteiger partial charge in [0.2, 0.25) is 11.7 Å². The lowest BCUT2D eigenvalue weighted by molar-refractivity contribution is -0.120. The molecule has 1 unspecified atom stereocenters. The minimum absolute atomic E-state index is 0.0116. The number of hydrogen-bond acceptors (Lipinski definition) is 7. The number of anilines is 1. The number of benzene rings is 1. The minimum Gasteiger partial charge on any atom is -0.493 e. The van der Waals surface area contributed by atoms with Gasteiger partial charge < -0.3 is 25.3 Å². The highest BCUT2D eigenvalue weighted by atomic mass is 16.6. The molecule has 2 aliphatic rings. The van der Waals surface area contributed by atoms with Gasteiger partial charge in [-0.3, -0.25) is 9.69 Å². The highest BCUT2D eigenvalue weighted by Crippen LogP contribution is 2.40.